The predicted molar refractivity (Wildman–Crippen MR) is 81.2 cm³/mol. The van der Waals surface area contributed by atoms with Gasteiger partial charge in [-0.15, -0.1) is 0 Å². The summed E-state index contributed by atoms with van der Waals surface area (Å²) >= 11 is 3.41. The fraction of sp³-hybridized carbons (Fsp3) is 0.200. The first-order chi connectivity index (χ1) is 9.60. The number of nitrogens with zero attached hydrogens (tertiary/aromatic N) is 1. The van der Waals surface area contributed by atoms with E-state index >= 15 is 0 Å². The summed E-state index contributed by atoms with van der Waals surface area (Å²) in [7, 11) is 0. The van der Waals surface area contributed by atoms with E-state index in [0.29, 0.717) is 18.0 Å². The van der Waals surface area contributed by atoms with Gasteiger partial charge in [-0.3, -0.25) is 9.78 Å². The minimum Gasteiger partial charge on any atom is -0.457 e. The number of rotatable bonds is 4. The molecule has 0 saturated heterocycles. The minimum atomic E-state index is -0.203. The van der Waals surface area contributed by atoms with Crippen molar-refractivity contribution in [2.75, 3.05) is 6.54 Å². The van der Waals surface area contributed by atoms with Crippen molar-refractivity contribution in [2.24, 2.45) is 0 Å². The second-order valence-electron chi connectivity index (χ2n) is 4.25. The number of halogens is 1. The quantitative estimate of drug-likeness (QED) is 0.927. The fourth-order valence-electron chi connectivity index (χ4n) is 1.70. The SMILES string of the molecule is CCNC(=O)c1cc(Oc2ccc(Br)cc2C)ccn1. The van der Waals surface area contributed by atoms with E-state index in [2.05, 4.69) is 26.2 Å². The summed E-state index contributed by atoms with van der Waals surface area (Å²) in [5.74, 6) is 1.14. The van der Waals surface area contributed by atoms with Crippen molar-refractivity contribution in [3.05, 3.63) is 52.3 Å². The van der Waals surface area contributed by atoms with Gasteiger partial charge < -0.3 is 10.1 Å². The van der Waals surface area contributed by atoms with E-state index < -0.39 is 0 Å². The standard InChI is InChI=1S/C15H15BrN2O2/c1-3-17-15(19)13-9-12(6-7-18-13)20-14-5-4-11(16)8-10(14)2/h4-9H,3H2,1-2H3,(H,17,19). The molecule has 0 fully saturated rings. The van der Waals surface area contributed by atoms with E-state index in [4.69, 9.17) is 4.74 Å². The largest absolute Gasteiger partial charge is 0.457 e. The number of carbonyl (C=O) groups excluding carboxylic acids is 1. The molecule has 4 nitrogen and oxygen atoms in total. The Bertz CT molecular complexity index is 629. The number of aryl methyl sites for hydroxylation is 1. The Morgan fingerprint density at radius 3 is 2.85 bits per heavy atom. The number of ether oxygens (including phenoxy) is 1. The molecule has 5 heteroatoms. The molecule has 2 rings (SSSR count). The average Bonchev–Trinajstić information content (AvgIpc) is 2.43. The molecule has 0 spiro atoms. The monoisotopic (exact) mass is 334 g/mol. The highest BCUT2D eigenvalue weighted by atomic mass is 79.9. The zero-order valence-electron chi connectivity index (χ0n) is 11.3. The van der Waals surface area contributed by atoms with E-state index in [1.807, 2.05) is 32.0 Å². The van der Waals surface area contributed by atoms with Gasteiger partial charge in [-0.1, -0.05) is 15.9 Å². The van der Waals surface area contributed by atoms with E-state index in [-0.39, 0.29) is 5.91 Å². The highest BCUT2D eigenvalue weighted by Crippen LogP contribution is 2.27. The molecule has 1 aromatic carbocycles. The van der Waals surface area contributed by atoms with Crippen molar-refractivity contribution in [3.8, 4) is 11.5 Å². The van der Waals surface area contributed by atoms with Crippen LogP contribution < -0.4 is 10.1 Å². The molecular formula is C15H15BrN2O2. The van der Waals surface area contributed by atoms with Gasteiger partial charge in [-0.25, -0.2) is 0 Å². The minimum absolute atomic E-state index is 0.203. The van der Waals surface area contributed by atoms with Gasteiger partial charge in [-0.05, 0) is 43.7 Å². The van der Waals surface area contributed by atoms with Gasteiger partial charge in [0.15, 0.2) is 0 Å². The summed E-state index contributed by atoms with van der Waals surface area (Å²) in [6.07, 6.45) is 1.56. The molecule has 0 aliphatic carbocycles. The lowest BCUT2D eigenvalue weighted by atomic mass is 10.2. The van der Waals surface area contributed by atoms with Crippen LogP contribution >= 0.6 is 15.9 Å². The molecule has 1 heterocycles. The molecule has 2 aromatic rings. The molecule has 104 valence electrons. The molecule has 0 aliphatic heterocycles. The van der Waals surface area contributed by atoms with Crippen LogP contribution in [0.3, 0.4) is 0 Å². The molecule has 0 radical (unpaired) electrons. The van der Waals surface area contributed by atoms with Crippen molar-refractivity contribution in [1.82, 2.24) is 10.3 Å². The lowest BCUT2D eigenvalue weighted by Crippen LogP contribution is -2.23. The predicted octanol–water partition coefficient (Wildman–Crippen LogP) is 3.69. The van der Waals surface area contributed by atoms with Crippen LogP contribution in [0.5, 0.6) is 11.5 Å². The first-order valence-electron chi connectivity index (χ1n) is 6.28. The summed E-state index contributed by atoms with van der Waals surface area (Å²) in [5, 5.41) is 2.71. The van der Waals surface area contributed by atoms with Crippen LogP contribution in [0.4, 0.5) is 0 Å². The van der Waals surface area contributed by atoms with Crippen molar-refractivity contribution in [1.29, 1.82) is 0 Å². The number of hydrogen-bond donors (Lipinski definition) is 1. The Hall–Kier alpha value is -1.88. The molecule has 1 N–H and O–H groups in total. The van der Waals surface area contributed by atoms with Gasteiger partial charge in [0.1, 0.15) is 17.2 Å². The maximum absolute atomic E-state index is 11.7. The molecule has 20 heavy (non-hydrogen) atoms. The average molecular weight is 335 g/mol. The second-order valence-corrected chi connectivity index (χ2v) is 5.16. The number of benzene rings is 1. The number of carbonyl (C=O) groups is 1. The lowest BCUT2D eigenvalue weighted by molar-refractivity contribution is 0.0950. The van der Waals surface area contributed by atoms with Crippen molar-refractivity contribution in [2.45, 2.75) is 13.8 Å². The van der Waals surface area contributed by atoms with Gasteiger partial charge in [0.25, 0.3) is 5.91 Å². The van der Waals surface area contributed by atoms with E-state index in [9.17, 15) is 4.79 Å². The first-order valence-corrected chi connectivity index (χ1v) is 7.07. The molecule has 0 unspecified atom stereocenters. The Morgan fingerprint density at radius 1 is 1.35 bits per heavy atom. The Labute approximate surface area is 126 Å². The molecule has 1 amide bonds. The zero-order valence-corrected chi connectivity index (χ0v) is 12.9. The zero-order chi connectivity index (χ0) is 14.5. The first kappa shape index (κ1) is 14.5. The Kier molecular flexibility index (Phi) is 4.74. The van der Waals surface area contributed by atoms with E-state index in [0.717, 1.165) is 15.8 Å². The van der Waals surface area contributed by atoms with Crippen LogP contribution in [0.25, 0.3) is 0 Å². The van der Waals surface area contributed by atoms with Gasteiger partial charge in [-0.2, -0.15) is 0 Å². The lowest BCUT2D eigenvalue weighted by Gasteiger charge is -2.09. The Balaban J connectivity index is 2.21. The van der Waals surface area contributed by atoms with Gasteiger partial charge in [0.2, 0.25) is 0 Å². The van der Waals surface area contributed by atoms with Crippen molar-refractivity contribution in [3.63, 3.8) is 0 Å². The van der Waals surface area contributed by atoms with Crippen LogP contribution in [0.2, 0.25) is 0 Å². The highest BCUT2D eigenvalue weighted by Gasteiger charge is 2.08. The number of aromatic nitrogens is 1. The molecule has 0 saturated carbocycles. The molecule has 0 atom stereocenters. The maximum atomic E-state index is 11.7. The van der Waals surface area contributed by atoms with Crippen LogP contribution in [-0.4, -0.2) is 17.4 Å². The summed E-state index contributed by atoms with van der Waals surface area (Å²) in [6.45, 7) is 4.40. The second kappa shape index (κ2) is 6.52. The smallest absolute Gasteiger partial charge is 0.270 e. The number of amides is 1. The van der Waals surface area contributed by atoms with Crippen LogP contribution in [-0.2, 0) is 0 Å². The number of hydrogen-bond acceptors (Lipinski definition) is 3. The van der Waals surface area contributed by atoms with Crippen LogP contribution in [0.15, 0.2) is 41.0 Å². The third-order valence-electron chi connectivity index (χ3n) is 2.67. The van der Waals surface area contributed by atoms with E-state index in [1.54, 1.807) is 18.3 Å². The maximum Gasteiger partial charge on any atom is 0.270 e. The summed E-state index contributed by atoms with van der Waals surface area (Å²) in [6, 6.07) is 9.12. The molecule has 1 aromatic heterocycles. The summed E-state index contributed by atoms with van der Waals surface area (Å²) < 4.78 is 6.79. The number of pyridine rings is 1. The highest BCUT2D eigenvalue weighted by molar-refractivity contribution is 9.10. The van der Waals surface area contributed by atoms with Gasteiger partial charge in [0.05, 0.1) is 0 Å². The Morgan fingerprint density at radius 2 is 2.15 bits per heavy atom. The van der Waals surface area contributed by atoms with E-state index in [1.165, 1.54) is 0 Å². The van der Waals surface area contributed by atoms with Gasteiger partial charge >= 0.3 is 0 Å². The van der Waals surface area contributed by atoms with Crippen molar-refractivity contribution >= 4 is 21.8 Å². The molecule has 0 bridgehead atoms. The van der Waals surface area contributed by atoms with Crippen LogP contribution in [0, 0.1) is 6.92 Å². The normalized spacial score (nSPS) is 10.2. The third kappa shape index (κ3) is 3.57. The molecule has 0 aliphatic rings. The van der Waals surface area contributed by atoms with Gasteiger partial charge in [0, 0.05) is 23.3 Å². The van der Waals surface area contributed by atoms with Crippen LogP contribution in [0.1, 0.15) is 23.0 Å². The molecular weight excluding hydrogens is 320 g/mol. The topological polar surface area (TPSA) is 51.2 Å². The summed E-state index contributed by atoms with van der Waals surface area (Å²) in [5.41, 5.74) is 1.36. The third-order valence-corrected chi connectivity index (χ3v) is 3.16. The van der Waals surface area contributed by atoms with Crippen molar-refractivity contribution < 1.29 is 9.53 Å². The fourth-order valence-corrected chi connectivity index (χ4v) is 2.18. The number of nitrogens with one attached hydrogen (secondary N) is 1. The summed E-state index contributed by atoms with van der Waals surface area (Å²) in [4.78, 5) is 15.8.